The van der Waals surface area contributed by atoms with E-state index in [-0.39, 0.29) is 41.9 Å². The van der Waals surface area contributed by atoms with Crippen LogP contribution in [-0.2, 0) is 19.4 Å². The Hall–Kier alpha value is -1.11. The van der Waals surface area contributed by atoms with Crippen LogP contribution in [0.5, 0.6) is 0 Å². The Morgan fingerprint density at radius 3 is 2.13 bits per heavy atom. The van der Waals surface area contributed by atoms with Crippen LogP contribution in [0.15, 0.2) is 0 Å². The van der Waals surface area contributed by atoms with E-state index in [0.717, 1.165) is 25.7 Å². The fraction of sp³-hybridized carbons (Fsp3) is 0.875. The first-order chi connectivity index (χ1) is 10.8. The Balaban J connectivity index is 2.03. The largest absolute Gasteiger partial charge is 0.337 e. The SMILES string of the molecule is CCN(C(=O)CN(C(C)=O)C1CCCCC1)C1CCS(=O)(=O)C1. The lowest BCUT2D eigenvalue weighted by Crippen LogP contribution is -2.50. The molecule has 0 aromatic carbocycles. The van der Waals surface area contributed by atoms with Crippen molar-refractivity contribution in [1.29, 1.82) is 0 Å². The molecule has 2 rings (SSSR count). The molecule has 7 heteroatoms. The monoisotopic (exact) mass is 344 g/mol. The molecule has 1 saturated carbocycles. The van der Waals surface area contributed by atoms with Crippen LogP contribution >= 0.6 is 0 Å². The first-order valence-electron chi connectivity index (χ1n) is 8.61. The highest BCUT2D eigenvalue weighted by molar-refractivity contribution is 7.91. The number of carbonyl (C=O) groups excluding carboxylic acids is 2. The van der Waals surface area contributed by atoms with E-state index in [1.807, 2.05) is 6.92 Å². The van der Waals surface area contributed by atoms with Gasteiger partial charge in [-0.05, 0) is 26.2 Å². The molecule has 1 aliphatic heterocycles. The number of carbonyl (C=O) groups is 2. The maximum Gasteiger partial charge on any atom is 0.242 e. The molecule has 2 amide bonds. The van der Waals surface area contributed by atoms with Gasteiger partial charge in [-0.3, -0.25) is 9.59 Å². The van der Waals surface area contributed by atoms with E-state index in [4.69, 9.17) is 0 Å². The molecule has 23 heavy (non-hydrogen) atoms. The highest BCUT2D eigenvalue weighted by atomic mass is 32.2. The zero-order valence-electron chi connectivity index (χ0n) is 14.2. The molecule has 0 aromatic heterocycles. The van der Waals surface area contributed by atoms with Crippen molar-refractivity contribution in [2.24, 2.45) is 0 Å². The van der Waals surface area contributed by atoms with E-state index >= 15 is 0 Å². The van der Waals surface area contributed by atoms with Gasteiger partial charge in [0.05, 0.1) is 18.1 Å². The topological polar surface area (TPSA) is 74.8 Å². The fourth-order valence-corrected chi connectivity index (χ4v) is 5.52. The van der Waals surface area contributed by atoms with Crippen molar-refractivity contribution in [2.45, 2.75) is 64.5 Å². The molecular weight excluding hydrogens is 316 g/mol. The van der Waals surface area contributed by atoms with Crippen molar-refractivity contribution in [3.63, 3.8) is 0 Å². The van der Waals surface area contributed by atoms with Gasteiger partial charge in [-0.2, -0.15) is 0 Å². The lowest BCUT2D eigenvalue weighted by atomic mass is 9.94. The van der Waals surface area contributed by atoms with Gasteiger partial charge < -0.3 is 9.80 Å². The third kappa shape index (κ3) is 4.68. The third-order valence-electron chi connectivity index (χ3n) is 5.04. The molecule has 1 saturated heterocycles. The van der Waals surface area contributed by atoms with Crippen LogP contribution in [0.1, 0.15) is 52.4 Å². The van der Waals surface area contributed by atoms with Gasteiger partial charge in [-0.1, -0.05) is 19.3 Å². The van der Waals surface area contributed by atoms with Gasteiger partial charge >= 0.3 is 0 Å². The molecule has 6 nitrogen and oxygen atoms in total. The van der Waals surface area contributed by atoms with Crippen molar-refractivity contribution in [3.8, 4) is 0 Å². The Kier molecular flexibility index (Phi) is 6.06. The molecule has 0 spiro atoms. The summed E-state index contributed by atoms with van der Waals surface area (Å²) < 4.78 is 23.3. The molecule has 2 fully saturated rings. The second kappa shape index (κ2) is 7.64. The Bertz CT molecular complexity index is 540. The van der Waals surface area contributed by atoms with Crippen LogP contribution in [-0.4, -0.2) is 66.7 Å². The van der Waals surface area contributed by atoms with Crippen LogP contribution in [0.4, 0.5) is 0 Å². The summed E-state index contributed by atoms with van der Waals surface area (Å²) in [6.45, 7) is 3.93. The van der Waals surface area contributed by atoms with Crippen LogP contribution in [0.2, 0.25) is 0 Å². The van der Waals surface area contributed by atoms with E-state index < -0.39 is 9.84 Å². The average Bonchev–Trinajstić information content (AvgIpc) is 2.86. The number of rotatable bonds is 5. The normalized spacial score (nSPS) is 24.3. The summed E-state index contributed by atoms with van der Waals surface area (Å²) in [5.74, 6) is 0.00653. The van der Waals surface area contributed by atoms with E-state index in [1.165, 1.54) is 13.3 Å². The van der Waals surface area contributed by atoms with Gasteiger partial charge in [0.15, 0.2) is 9.84 Å². The van der Waals surface area contributed by atoms with Gasteiger partial charge in [0.25, 0.3) is 0 Å². The highest BCUT2D eigenvalue weighted by Gasteiger charge is 2.35. The standard InChI is InChI=1S/C16H28N2O4S/c1-3-17(15-9-10-23(21,22)12-15)16(20)11-18(13(2)19)14-7-5-4-6-8-14/h14-15H,3-12H2,1-2H3. The molecule has 0 aromatic rings. The number of hydrogen-bond donors (Lipinski definition) is 0. The van der Waals surface area contributed by atoms with Crippen molar-refractivity contribution in [2.75, 3.05) is 24.6 Å². The molecule has 0 bridgehead atoms. The second-order valence-electron chi connectivity index (χ2n) is 6.68. The molecular formula is C16H28N2O4S. The van der Waals surface area contributed by atoms with Crippen LogP contribution < -0.4 is 0 Å². The van der Waals surface area contributed by atoms with Gasteiger partial charge in [-0.25, -0.2) is 8.42 Å². The molecule has 1 unspecified atom stereocenters. The molecule has 0 N–H and O–H groups in total. The molecule has 1 atom stereocenters. The number of sulfone groups is 1. The molecule has 2 aliphatic rings. The van der Waals surface area contributed by atoms with Crippen LogP contribution in [0.3, 0.4) is 0 Å². The van der Waals surface area contributed by atoms with E-state index in [9.17, 15) is 18.0 Å². The first kappa shape index (κ1) is 18.2. The number of nitrogens with zero attached hydrogens (tertiary/aromatic N) is 2. The Morgan fingerprint density at radius 1 is 1.00 bits per heavy atom. The zero-order chi connectivity index (χ0) is 17.0. The van der Waals surface area contributed by atoms with Crippen molar-refractivity contribution in [1.82, 2.24) is 9.80 Å². The zero-order valence-corrected chi connectivity index (χ0v) is 15.0. The summed E-state index contributed by atoms with van der Waals surface area (Å²) in [6.07, 6.45) is 5.80. The first-order valence-corrected chi connectivity index (χ1v) is 10.4. The summed E-state index contributed by atoms with van der Waals surface area (Å²) in [7, 11) is -3.02. The van der Waals surface area contributed by atoms with Crippen LogP contribution in [0, 0.1) is 0 Å². The van der Waals surface area contributed by atoms with Crippen molar-refractivity contribution in [3.05, 3.63) is 0 Å². The lowest BCUT2D eigenvalue weighted by Gasteiger charge is -2.35. The molecule has 1 aliphatic carbocycles. The maximum absolute atomic E-state index is 12.7. The Morgan fingerprint density at radius 2 is 1.65 bits per heavy atom. The predicted octanol–water partition coefficient (Wildman–Crippen LogP) is 1.20. The lowest BCUT2D eigenvalue weighted by molar-refractivity contribution is -0.142. The number of likely N-dealkylation sites (N-methyl/N-ethyl adjacent to an activating group) is 1. The van der Waals surface area contributed by atoms with Gasteiger partial charge in [0, 0.05) is 25.6 Å². The molecule has 0 radical (unpaired) electrons. The van der Waals surface area contributed by atoms with Gasteiger partial charge in [0.1, 0.15) is 0 Å². The van der Waals surface area contributed by atoms with E-state index in [0.29, 0.717) is 13.0 Å². The minimum Gasteiger partial charge on any atom is -0.337 e. The number of amides is 2. The van der Waals surface area contributed by atoms with E-state index in [1.54, 1.807) is 9.80 Å². The molecule has 1 heterocycles. The average molecular weight is 344 g/mol. The smallest absolute Gasteiger partial charge is 0.242 e. The van der Waals surface area contributed by atoms with Crippen molar-refractivity contribution < 1.29 is 18.0 Å². The molecule has 132 valence electrons. The summed E-state index contributed by atoms with van der Waals surface area (Å²) in [4.78, 5) is 28.0. The predicted molar refractivity (Wildman–Crippen MR) is 88.7 cm³/mol. The van der Waals surface area contributed by atoms with Crippen LogP contribution in [0.25, 0.3) is 0 Å². The number of hydrogen-bond acceptors (Lipinski definition) is 4. The quantitative estimate of drug-likeness (QED) is 0.751. The minimum absolute atomic E-state index is 0.0517. The van der Waals surface area contributed by atoms with Gasteiger partial charge in [0.2, 0.25) is 11.8 Å². The summed E-state index contributed by atoms with van der Waals surface area (Å²) >= 11 is 0. The summed E-state index contributed by atoms with van der Waals surface area (Å²) in [6, 6.07) is -0.0890. The van der Waals surface area contributed by atoms with Gasteiger partial charge in [-0.15, -0.1) is 0 Å². The minimum atomic E-state index is -3.02. The summed E-state index contributed by atoms with van der Waals surface area (Å²) in [5.41, 5.74) is 0. The third-order valence-corrected chi connectivity index (χ3v) is 6.79. The fourth-order valence-electron chi connectivity index (χ4n) is 3.79. The summed E-state index contributed by atoms with van der Waals surface area (Å²) in [5, 5.41) is 0. The van der Waals surface area contributed by atoms with Crippen molar-refractivity contribution >= 4 is 21.7 Å². The highest BCUT2D eigenvalue weighted by Crippen LogP contribution is 2.23. The maximum atomic E-state index is 12.7. The Labute approximate surface area is 139 Å². The van der Waals surface area contributed by atoms with E-state index in [2.05, 4.69) is 0 Å². The second-order valence-corrected chi connectivity index (χ2v) is 8.90.